The van der Waals surface area contributed by atoms with Crippen molar-refractivity contribution in [2.24, 2.45) is 5.92 Å². The average molecular weight is 300 g/mol. The van der Waals surface area contributed by atoms with E-state index in [0.29, 0.717) is 19.5 Å². The summed E-state index contributed by atoms with van der Waals surface area (Å²) in [6.45, 7) is 1.16. The molecule has 3 aliphatic rings. The van der Waals surface area contributed by atoms with Gasteiger partial charge in [-0.2, -0.15) is 0 Å². The molecule has 4 rings (SSSR count). The van der Waals surface area contributed by atoms with Crippen LogP contribution in [0.2, 0.25) is 0 Å². The van der Waals surface area contributed by atoms with Crippen LogP contribution in [0.3, 0.4) is 0 Å². The zero-order valence-corrected chi connectivity index (χ0v) is 12.7. The molecule has 2 heterocycles. The Morgan fingerprint density at radius 1 is 1.41 bits per heavy atom. The number of carbonyl (C=O) groups is 2. The second-order valence-corrected chi connectivity index (χ2v) is 6.59. The largest absolute Gasteiger partial charge is 0.497 e. The fourth-order valence-corrected chi connectivity index (χ4v) is 3.84. The number of ether oxygens (including phenoxy) is 1. The van der Waals surface area contributed by atoms with Gasteiger partial charge in [-0.3, -0.25) is 9.59 Å². The van der Waals surface area contributed by atoms with E-state index >= 15 is 0 Å². The van der Waals surface area contributed by atoms with Crippen LogP contribution in [0, 0.1) is 5.92 Å². The number of amides is 2. The summed E-state index contributed by atoms with van der Waals surface area (Å²) in [4.78, 5) is 27.0. The smallest absolute Gasteiger partial charge is 0.237 e. The standard InChI is InChI=1S/C17H20N2O3/c1-22-12-5-6-14-13(9-12)17(16(21)18-14)7-8-19(10-17)15(20)11-3-2-4-11/h5-6,9,11H,2-4,7-8,10H2,1H3,(H,18,21)/t17-/m0/s1. The van der Waals surface area contributed by atoms with Gasteiger partial charge in [-0.15, -0.1) is 0 Å². The van der Waals surface area contributed by atoms with Crippen molar-refractivity contribution in [1.82, 2.24) is 4.90 Å². The first-order valence-corrected chi connectivity index (χ1v) is 7.93. The number of likely N-dealkylation sites (tertiary alicyclic amines) is 1. The van der Waals surface area contributed by atoms with Crippen LogP contribution in [0.5, 0.6) is 5.75 Å². The first kappa shape index (κ1) is 13.6. The molecule has 1 aromatic rings. The zero-order chi connectivity index (χ0) is 15.3. The number of methoxy groups -OCH3 is 1. The van der Waals surface area contributed by atoms with E-state index in [4.69, 9.17) is 4.74 Å². The Kier molecular flexibility index (Phi) is 2.93. The molecular formula is C17H20N2O3. The number of benzene rings is 1. The minimum Gasteiger partial charge on any atom is -0.497 e. The lowest BCUT2D eigenvalue weighted by Crippen LogP contribution is -2.42. The molecule has 5 nitrogen and oxygen atoms in total. The van der Waals surface area contributed by atoms with Crippen molar-refractivity contribution in [2.75, 3.05) is 25.5 Å². The first-order chi connectivity index (χ1) is 10.6. The highest BCUT2D eigenvalue weighted by Gasteiger charge is 2.52. The van der Waals surface area contributed by atoms with Gasteiger partial charge in [0.15, 0.2) is 0 Å². The predicted octanol–water partition coefficient (Wildman–Crippen LogP) is 1.92. The second-order valence-electron chi connectivity index (χ2n) is 6.59. The molecule has 0 radical (unpaired) electrons. The Bertz CT molecular complexity index is 653. The summed E-state index contributed by atoms with van der Waals surface area (Å²) in [5.74, 6) is 1.18. The molecule has 1 N–H and O–H groups in total. The highest BCUT2D eigenvalue weighted by Crippen LogP contribution is 2.46. The van der Waals surface area contributed by atoms with Crippen molar-refractivity contribution >= 4 is 17.5 Å². The molecule has 1 aromatic carbocycles. The molecule has 1 atom stereocenters. The Hall–Kier alpha value is -2.04. The Balaban J connectivity index is 1.65. The maximum Gasteiger partial charge on any atom is 0.237 e. The third-order valence-electron chi connectivity index (χ3n) is 5.46. The van der Waals surface area contributed by atoms with Crippen LogP contribution >= 0.6 is 0 Å². The van der Waals surface area contributed by atoms with E-state index in [2.05, 4.69) is 5.32 Å². The van der Waals surface area contributed by atoms with Crippen LogP contribution in [0.25, 0.3) is 0 Å². The van der Waals surface area contributed by atoms with Gasteiger partial charge in [0.1, 0.15) is 5.75 Å². The molecule has 1 saturated heterocycles. The average Bonchev–Trinajstić information content (AvgIpc) is 3.02. The van der Waals surface area contributed by atoms with E-state index in [0.717, 1.165) is 36.3 Å². The van der Waals surface area contributed by atoms with E-state index in [1.807, 2.05) is 23.1 Å². The van der Waals surface area contributed by atoms with Crippen molar-refractivity contribution in [3.63, 3.8) is 0 Å². The summed E-state index contributed by atoms with van der Waals surface area (Å²) < 4.78 is 5.30. The number of carbonyl (C=O) groups excluding carboxylic acids is 2. The highest BCUT2D eigenvalue weighted by atomic mass is 16.5. The third-order valence-corrected chi connectivity index (χ3v) is 5.46. The number of hydrogen-bond donors (Lipinski definition) is 1. The van der Waals surface area contributed by atoms with Crippen molar-refractivity contribution < 1.29 is 14.3 Å². The lowest BCUT2D eigenvalue weighted by Gasteiger charge is -2.30. The number of anilines is 1. The van der Waals surface area contributed by atoms with E-state index in [1.54, 1.807) is 7.11 Å². The SMILES string of the molecule is COc1ccc2c(c1)[C@@]1(CCN(C(=O)C3CCC3)C1)C(=O)N2. The molecule has 1 aliphatic carbocycles. The normalized spacial score (nSPS) is 26.8. The molecular weight excluding hydrogens is 280 g/mol. The molecule has 22 heavy (non-hydrogen) atoms. The molecule has 2 fully saturated rings. The maximum atomic E-state index is 12.6. The number of rotatable bonds is 2. The van der Waals surface area contributed by atoms with Crippen LogP contribution in [0.4, 0.5) is 5.69 Å². The van der Waals surface area contributed by atoms with Gasteiger partial charge in [0.25, 0.3) is 0 Å². The Labute approximate surface area is 129 Å². The molecule has 1 spiro atoms. The third kappa shape index (κ3) is 1.77. The fraction of sp³-hybridized carbons (Fsp3) is 0.529. The van der Waals surface area contributed by atoms with Crippen molar-refractivity contribution in [3.8, 4) is 5.75 Å². The Morgan fingerprint density at radius 3 is 2.91 bits per heavy atom. The number of nitrogens with one attached hydrogen (secondary N) is 1. The molecule has 0 unspecified atom stereocenters. The van der Waals surface area contributed by atoms with Crippen LogP contribution in [0.15, 0.2) is 18.2 Å². The van der Waals surface area contributed by atoms with Crippen LogP contribution < -0.4 is 10.1 Å². The first-order valence-electron chi connectivity index (χ1n) is 7.93. The minimum atomic E-state index is -0.594. The second kappa shape index (κ2) is 4.73. The predicted molar refractivity (Wildman–Crippen MR) is 81.8 cm³/mol. The summed E-state index contributed by atoms with van der Waals surface area (Å²) in [5.41, 5.74) is 1.23. The van der Waals surface area contributed by atoms with Gasteiger partial charge < -0.3 is 15.0 Å². The molecule has 0 aromatic heterocycles. The van der Waals surface area contributed by atoms with Crippen molar-refractivity contribution in [2.45, 2.75) is 31.1 Å². The topological polar surface area (TPSA) is 58.6 Å². The van der Waals surface area contributed by atoms with E-state index in [-0.39, 0.29) is 17.7 Å². The molecule has 116 valence electrons. The summed E-state index contributed by atoms with van der Waals surface area (Å²) >= 11 is 0. The van der Waals surface area contributed by atoms with E-state index in [1.165, 1.54) is 0 Å². The van der Waals surface area contributed by atoms with Crippen LogP contribution in [-0.2, 0) is 15.0 Å². The summed E-state index contributed by atoms with van der Waals surface area (Å²) in [5, 5.41) is 2.97. The number of hydrogen-bond acceptors (Lipinski definition) is 3. The van der Waals surface area contributed by atoms with Gasteiger partial charge in [0.2, 0.25) is 11.8 Å². The lowest BCUT2D eigenvalue weighted by molar-refractivity contribution is -0.137. The van der Waals surface area contributed by atoms with E-state index < -0.39 is 5.41 Å². The minimum absolute atomic E-state index is 0.0136. The molecule has 2 aliphatic heterocycles. The summed E-state index contributed by atoms with van der Waals surface area (Å²) in [6, 6.07) is 5.67. The molecule has 5 heteroatoms. The summed E-state index contributed by atoms with van der Waals surface area (Å²) in [7, 11) is 1.62. The monoisotopic (exact) mass is 300 g/mol. The van der Waals surface area contributed by atoms with Gasteiger partial charge in [-0.25, -0.2) is 0 Å². The van der Waals surface area contributed by atoms with Crippen LogP contribution in [0.1, 0.15) is 31.2 Å². The summed E-state index contributed by atoms with van der Waals surface area (Å²) in [6.07, 6.45) is 3.84. The van der Waals surface area contributed by atoms with Crippen molar-refractivity contribution in [1.29, 1.82) is 0 Å². The highest BCUT2D eigenvalue weighted by molar-refractivity contribution is 6.07. The lowest BCUT2D eigenvalue weighted by atomic mass is 9.80. The molecule has 1 saturated carbocycles. The molecule has 0 bridgehead atoms. The van der Waals surface area contributed by atoms with Gasteiger partial charge >= 0.3 is 0 Å². The Morgan fingerprint density at radius 2 is 2.23 bits per heavy atom. The fourth-order valence-electron chi connectivity index (χ4n) is 3.84. The maximum absolute atomic E-state index is 12.6. The zero-order valence-electron chi connectivity index (χ0n) is 12.7. The number of nitrogens with zero attached hydrogens (tertiary/aromatic N) is 1. The van der Waals surface area contributed by atoms with Gasteiger partial charge in [0, 0.05) is 24.7 Å². The van der Waals surface area contributed by atoms with Gasteiger partial charge in [0.05, 0.1) is 12.5 Å². The van der Waals surface area contributed by atoms with Crippen molar-refractivity contribution in [3.05, 3.63) is 23.8 Å². The van der Waals surface area contributed by atoms with E-state index in [9.17, 15) is 9.59 Å². The number of fused-ring (bicyclic) bond motifs is 2. The quantitative estimate of drug-likeness (QED) is 0.908. The molecule has 2 amide bonds. The van der Waals surface area contributed by atoms with Gasteiger partial charge in [-0.05, 0) is 43.0 Å². The van der Waals surface area contributed by atoms with Crippen LogP contribution in [-0.4, -0.2) is 36.9 Å². The van der Waals surface area contributed by atoms with Gasteiger partial charge in [-0.1, -0.05) is 6.42 Å².